The molecule has 0 rings (SSSR count). The summed E-state index contributed by atoms with van der Waals surface area (Å²) in [5.74, 6) is 0. The van der Waals surface area contributed by atoms with E-state index in [1.54, 1.807) is 0 Å². The topological polar surface area (TPSA) is 0 Å². The number of rotatable bonds is 0. The quantitative estimate of drug-likeness (QED) is 0.321. The van der Waals surface area contributed by atoms with Gasteiger partial charge < -0.3 is 0 Å². The minimum atomic E-state index is 0. The molecule has 0 aliphatic heterocycles. The van der Waals surface area contributed by atoms with Crippen LogP contribution in [0.25, 0.3) is 0 Å². The zero-order valence-corrected chi connectivity index (χ0v) is 208. The fourth-order valence-electron chi connectivity index (χ4n) is 0. The van der Waals surface area contributed by atoms with Gasteiger partial charge in [0, 0.05) is 3240 Å². The van der Waals surface area contributed by atoms with E-state index in [-0.39, 0.29) is 3240 Å². The molecule has 0 amide bonds. The molecule has 84 heavy (non-hydrogen) atoms. The molecule has 0 N–H and O–H groups in total. The second-order valence-electron chi connectivity index (χ2n) is 0. The van der Waals surface area contributed by atoms with E-state index in [2.05, 4.69) is 0 Å². The fourth-order valence-corrected chi connectivity index (χ4v) is 0. The van der Waals surface area contributed by atoms with E-state index < -0.39 is 0 Å². The molecule has 0 heterocycles. The van der Waals surface area contributed by atoms with E-state index >= 15 is 0 Å². The average Bonchev–Trinajstić information content (AvgIpc) is 0. The molecule has 84 heteroatoms. The summed E-state index contributed by atoms with van der Waals surface area (Å²) in [5.41, 5.74) is 0. The van der Waals surface area contributed by atoms with Gasteiger partial charge in [-0.1, -0.05) is 0 Å². The molecular weight excluding hydrogens is 13300 g/mol. The SMILES string of the molecule is [Tb].[Tb].[Tb].[Tb].[Tb].[Tb].[Tb].[Tb].[Tb].[Tb].[Tb].[Tb].[Tb].[Tb].[Tb].[Tb].[Tb].[Tb].[Tb].[Tb].[Tb].[Tb].[Tb].[Tb].[Tb].[Tb].[Tb].[Tb].[Tb].[Tb].[Tb].[Tb].[Tb].[Tb].[Tb].[Tb].[Tb].[Tb].[Tb].[Tb].[Tb].[Tb].[Tb].[Tb].[Tb].[Tb].[Tb].[Tb].[Tb].[Tb].[Tb].[Tb].[Tb].[Tb].[Tb].[Tb].[Tb].[Tb].[Tb].[Tb].[Tb].[Tb].[Tb].[Tb].[Tb].[Tb].[Tb].[Tb].[Tb].[Tb].[Tb].[Tb].[Tb].[Tb].[Tb].[Tb].[Tb].[Tb].[Tb].[Tb].[Tb].[Tb].[Tb].[Tb]. The average molecular weight is 13300 g/mol. The minimum absolute atomic E-state index is 0. The van der Waals surface area contributed by atoms with Crippen molar-refractivity contribution in [1.29, 1.82) is 0 Å². The predicted molar refractivity (Wildman–Crippen MR) is 0 cm³/mol. The fraction of sp³-hybridized carbons (Fsp3) is 0. The second kappa shape index (κ2) is 591. The molecule has 0 aliphatic carbocycles. The maximum absolute atomic E-state index is 0. The van der Waals surface area contributed by atoms with E-state index in [0.717, 1.165) is 0 Å². The Morgan fingerprint density at radius 1 is 0.0119 bits per heavy atom. The Kier molecular flexibility index (Phi) is 4230. The Labute approximate surface area is 3100 Å². The first-order valence-corrected chi connectivity index (χ1v) is 0. The minimum Gasteiger partial charge on any atom is 0 e. The molecule has 0 aromatic heterocycles. The summed E-state index contributed by atoms with van der Waals surface area (Å²) in [7, 11) is 0. The normalized spacial score (nSPS) is 0. The third kappa shape index (κ3) is 582. The molecule has 0 nitrogen and oxygen atoms in total. The van der Waals surface area contributed by atoms with Crippen LogP contribution in [0.15, 0.2) is 0 Å². The van der Waals surface area contributed by atoms with Gasteiger partial charge in [-0.25, -0.2) is 0 Å². The van der Waals surface area contributed by atoms with Crippen LogP contribution in [-0.2, 0) is 0 Å². The van der Waals surface area contributed by atoms with Gasteiger partial charge in [-0.05, 0) is 0 Å². The zero-order valence-electron chi connectivity index (χ0n) is 28.0. The van der Waals surface area contributed by atoms with Crippen LogP contribution in [0, 0.1) is 3240 Å². The van der Waals surface area contributed by atoms with Gasteiger partial charge in [-0.2, -0.15) is 0 Å². The molecule has 84 radical (unpaired) electrons. The van der Waals surface area contributed by atoms with E-state index in [9.17, 15) is 0 Å². The molecule has 0 bridgehead atoms. The summed E-state index contributed by atoms with van der Waals surface area (Å²) >= 11 is 0. The molecule has 0 fully saturated rings. The molecule has 756 valence electrons. The van der Waals surface area contributed by atoms with Crippen LogP contribution in [0.4, 0.5) is 0 Å². The molecule has 0 atom stereocenters. The molecule has 0 unspecified atom stereocenters. The molecule has 0 spiro atoms. The van der Waals surface area contributed by atoms with Gasteiger partial charge in [0.1, 0.15) is 0 Å². The first-order valence-electron chi connectivity index (χ1n) is 0. The van der Waals surface area contributed by atoms with E-state index in [0.29, 0.717) is 0 Å². The molecule has 0 aromatic carbocycles. The largest absolute Gasteiger partial charge is 0 e. The molecule has 0 saturated carbocycles. The summed E-state index contributed by atoms with van der Waals surface area (Å²) in [6.07, 6.45) is 0. The summed E-state index contributed by atoms with van der Waals surface area (Å²) < 4.78 is 0. The first kappa shape index (κ1) is 601. The van der Waals surface area contributed by atoms with Crippen molar-refractivity contribution in [3.8, 4) is 0 Å². The standard InChI is InChI=1S/84Tb. The molecule has 0 aromatic rings. The monoisotopic (exact) mass is 13300 g/mol. The predicted octanol–water partition coefficient (Wildman–Crippen LogP) is 0. The van der Waals surface area contributed by atoms with Crippen molar-refractivity contribution >= 4 is 0 Å². The third-order valence-corrected chi connectivity index (χ3v) is 0. The van der Waals surface area contributed by atoms with Gasteiger partial charge in [-0.3, -0.25) is 0 Å². The van der Waals surface area contributed by atoms with Crippen LogP contribution in [0.3, 0.4) is 0 Å². The van der Waals surface area contributed by atoms with Crippen molar-refractivity contribution in [3.63, 3.8) is 0 Å². The number of hydrogen-bond acceptors (Lipinski definition) is 0. The van der Waals surface area contributed by atoms with Crippen LogP contribution in [-0.4, -0.2) is 0 Å². The van der Waals surface area contributed by atoms with Crippen molar-refractivity contribution in [2.24, 2.45) is 0 Å². The van der Waals surface area contributed by atoms with Gasteiger partial charge in [0.05, 0.1) is 0 Å². The van der Waals surface area contributed by atoms with Gasteiger partial charge in [0.2, 0.25) is 0 Å². The van der Waals surface area contributed by atoms with E-state index in [1.807, 2.05) is 0 Å². The Morgan fingerprint density at radius 3 is 0.0119 bits per heavy atom. The Bertz CT molecular complexity index is 0. The molecule has 0 aliphatic rings. The van der Waals surface area contributed by atoms with Crippen molar-refractivity contribution in [2.75, 3.05) is 0 Å². The van der Waals surface area contributed by atoms with Crippen LogP contribution >= 0.6 is 0 Å². The first-order chi connectivity index (χ1) is 0. The Morgan fingerprint density at radius 2 is 0.0119 bits per heavy atom. The van der Waals surface area contributed by atoms with E-state index in [4.69, 9.17) is 0 Å². The van der Waals surface area contributed by atoms with Crippen LogP contribution in [0.5, 0.6) is 0 Å². The Hall–Kier alpha value is 108. The smallest absolute Gasteiger partial charge is 0 e. The van der Waals surface area contributed by atoms with Gasteiger partial charge >= 0.3 is 0 Å². The molecule has 0 saturated heterocycles. The van der Waals surface area contributed by atoms with Gasteiger partial charge in [0.25, 0.3) is 0 Å². The zero-order chi connectivity index (χ0) is 0. The van der Waals surface area contributed by atoms with Crippen LogP contribution in [0.2, 0.25) is 0 Å². The van der Waals surface area contributed by atoms with E-state index in [1.165, 1.54) is 0 Å². The molecular formula is Tb84. The summed E-state index contributed by atoms with van der Waals surface area (Å²) in [4.78, 5) is 0. The maximum atomic E-state index is 0. The Balaban J connectivity index is 0. The second-order valence-corrected chi connectivity index (χ2v) is 0. The summed E-state index contributed by atoms with van der Waals surface area (Å²) in [5, 5.41) is 0. The van der Waals surface area contributed by atoms with Crippen molar-refractivity contribution in [3.05, 3.63) is 0 Å². The van der Waals surface area contributed by atoms with Crippen molar-refractivity contribution < 1.29 is 3240 Å². The summed E-state index contributed by atoms with van der Waals surface area (Å²) in [6, 6.07) is 0. The maximum Gasteiger partial charge on any atom is 0 e. The van der Waals surface area contributed by atoms with Crippen LogP contribution < -0.4 is 0 Å². The van der Waals surface area contributed by atoms with Gasteiger partial charge in [0.15, 0.2) is 0 Å². The number of hydrogen-bond donors (Lipinski definition) is 0. The summed E-state index contributed by atoms with van der Waals surface area (Å²) in [6.45, 7) is 0. The third-order valence-electron chi connectivity index (χ3n) is 0. The van der Waals surface area contributed by atoms with Crippen LogP contribution in [0.1, 0.15) is 0 Å². The van der Waals surface area contributed by atoms with Crippen molar-refractivity contribution in [1.82, 2.24) is 0 Å². The van der Waals surface area contributed by atoms with Gasteiger partial charge in [-0.15, -0.1) is 0 Å². The van der Waals surface area contributed by atoms with Crippen molar-refractivity contribution in [2.45, 2.75) is 0 Å².